The molecule has 0 aliphatic heterocycles. The van der Waals surface area contributed by atoms with E-state index in [1.165, 1.54) is 32.1 Å². The second kappa shape index (κ2) is 6.45. The van der Waals surface area contributed by atoms with Crippen LogP contribution >= 0.6 is 0 Å². The summed E-state index contributed by atoms with van der Waals surface area (Å²) < 4.78 is 0. The van der Waals surface area contributed by atoms with Crippen molar-refractivity contribution in [2.75, 3.05) is 5.32 Å². The third kappa shape index (κ3) is 4.15. The molecule has 1 aromatic rings. The monoisotopic (exact) mass is 264 g/mol. The van der Waals surface area contributed by atoms with Crippen molar-refractivity contribution in [2.24, 2.45) is 11.8 Å². The lowest BCUT2D eigenvalue weighted by Crippen LogP contribution is -2.24. The molecule has 0 unspecified atom stereocenters. The van der Waals surface area contributed by atoms with Crippen molar-refractivity contribution in [3.05, 3.63) is 16.6 Å². The fraction of sp³-hybridized carbons (Fsp3) is 0.692. The molecule has 0 radical (unpaired) electrons. The summed E-state index contributed by atoms with van der Waals surface area (Å²) in [7, 11) is 0. The van der Waals surface area contributed by atoms with Crippen molar-refractivity contribution in [3.63, 3.8) is 0 Å². The summed E-state index contributed by atoms with van der Waals surface area (Å²) in [4.78, 5) is 25.3. The van der Waals surface area contributed by atoms with E-state index in [1.807, 2.05) is 0 Å². The maximum atomic E-state index is 11.9. The number of nitrogens with one attached hydrogen (secondary N) is 2. The number of hydrogen-bond donors (Lipinski definition) is 2. The molecular weight excluding hydrogens is 244 g/mol. The third-order valence-electron chi connectivity index (χ3n) is 3.79. The van der Waals surface area contributed by atoms with Gasteiger partial charge in [0.1, 0.15) is 6.20 Å². The lowest BCUT2D eigenvalue weighted by molar-refractivity contribution is -0.117. The van der Waals surface area contributed by atoms with Crippen LogP contribution in [0.5, 0.6) is 0 Å². The number of anilines is 1. The fourth-order valence-electron chi connectivity index (χ4n) is 2.71. The minimum atomic E-state index is -0.370. The topological polar surface area (TPSA) is 87.7 Å². The molecule has 1 amide bonds. The first-order valence-electron chi connectivity index (χ1n) is 6.87. The molecule has 1 aromatic heterocycles. The molecule has 1 aliphatic carbocycles. The van der Waals surface area contributed by atoms with Gasteiger partial charge < -0.3 is 0 Å². The van der Waals surface area contributed by atoms with E-state index >= 15 is 0 Å². The van der Waals surface area contributed by atoms with Crippen LogP contribution in [0.25, 0.3) is 0 Å². The fourth-order valence-corrected chi connectivity index (χ4v) is 2.71. The Morgan fingerprint density at radius 1 is 1.47 bits per heavy atom. The first kappa shape index (κ1) is 13.7. The maximum Gasteiger partial charge on any atom is 0.271 e. The molecule has 2 N–H and O–H groups in total. The van der Waals surface area contributed by atoms with Crippen LogP contribution in [0.3, 0.4) is 0 Å². The second-order valence-electron chi connectivity index (χ2n) is 5.31. The van der Waals surface area contributed by atoms with E-state index in [-0.39, 0.29) is 17.4 Å². The van der Waals surface area contributed by atoms with Gasteiger partial charge in [0.25, 0.3) is 5.56 Å². The molecule has 1 aliphatic rings. The first-order valence-corrected chi connectivity index (χ1v) is 6.87. The summed E-state index contributed by atoms with van der Waals surface area (Å²) in [6.07, 6.45) is 7.83. The van der Waals surface area contributed by atoms with Gasteiger partial charge in [-0.25, -0.2) is 0 Å². The smallest absolute Gasteiger partial charge is 0.271 e. The van der Waals surface area contributed by atoms with E-state index in [9.17, 15) is 9.59 Å². The summed E-state index contributed by atoms with van der Waals surface area (Å²) >= 11 is 0. The summed E-state index contributed by atoms with van der Waals surface area (Å²) in [5, 5.41) is 9.74. The number of hydrogen-bond acceptors (Lipinski definition) is 4. The van der Waals surface area contributed by atoms with Crippen molar-refractivity contribution < 1.29 is 4.79 Å². The number of amides is 1. The molecule has 19 heavy (non-hydrogen) atoms. The number of H-pyrrole nitrogens is 1. The molecule has 0 spiro atoms. The second-order valence-corrected chi connectivity index (χ2v) is 5.31. The van der Waals surface area contributed by atoms with Gasteiger partial charge in [0, 0.05) is 6.42 Å². The number of carbonyl (C=O) groups excluding carboxylic acids is 1. The van der Waals surface area contributed by atoms with Gasteiger partial charge in [-0.2, -0.15) is 0 Å². The van der Waals surface area contributed by atoms with Crippen molar-refractivity contribution in [1.82, 2.24) is 15.2 Å². The van der Waals surface area contributed by atoms with E-state index in [4.69, 9.17) is 0 Å². The zero-order chi connectivity index (χ0) is 13.7. The largest absolute Gasteiger partial charge is 0.295 e. The molecule has 1 saturated carbocycles. The van der Waals surface area contributed by atoms with E-state index in [2.05, 4.69) is 27.4 Å². The molecule has 1 heterocycles. The van der Waals surface area contributed by atoms with Gasteiger partial charge >= 0.3 is 0 Å². The normalized spacial score (nSPS) is 17.9. The number of aromatic amines is 1. The highest BCUT2D eigenvalue weighted by atomic mass is 16.2. The molecule has 1 fully saturated rings. The Morgan fingerprint density at radius 2 is 2.21 bits per heavy atom. The van der Waals surface area contributed by atoms with Crippen LogP contribution in [0.15, 0.2) is 11.0 Å². The van der Waals surface area contributed by atoms with E-state index < -0.39 is 0 Å². The number of carbonyl (C=O) groups is 1. The summed E-state index contributed by atoms with van der Waals surface area (Å²) in [5.41, 5.74) is -0.370. The van der Waals surface area contributed by atoms with Gasteiger partial charge in [0.15, 0.2) is 0 Å². The molecule has 1 atom stereocenters. The molecule has 0 aromatic carbocycles. The molecule has 6 heteroatoms. The molecule has 6 nitrogen and oxygen atoms in total. The van der Waals surface area contributed by atoms with E-state index in [1.54, 1.807) is 0 Å². The number of nitrogens with zero attached hydrogens (tertiary/aromatic N) is 2. The van der Waals surface area contributed by atoms with E-state index in [0.29, 0.717) is 18.3 Å². The van der Waals surface area contributed by atoms with Crippen molar-refractivity contribution >= 4 is 11.9 Å². The van der Waals surface area contributed by atoms with Crippen LogP contribution in [-0.2, 0) is 4.79 Å². The Morgan fingerprint density at radius 3 is 2.89 bits per heavy atom. The maximum absolute atomic E-state index is 11.9. The molecule has 0 bridgehead atoms. The zero-order valence-electron chi connectivity index (χ0n) is 11.2. The predicted molar refractivity (Wildman–Crippen MR) is 71.6 cm³/mol. The van der Waals surface area contributed by atoms with Crippen LogP contribution in [-0.4, -0.2) is 21.1 Å². The highest BCUT2D eigenvalue weighted by Crippen LogP contribution is 2.31. The lowest BCUT2D eigenvalue weighted by Gasteiger charge is -2.27. The van der Waals surface area contributed by atoms with Crippen LogP contribution < -0.4 is 10.9 Å². The Hall–Kier alpha value is -1.72. The first-order chi connectivity index (χ1) is 9.15. The van der Waals surface area contributed by atoms with Gasteiger partial charge in [-0.05, 0) is 11.8 Å². The zero-order valence-corrected chi connectivity index (χ0v) is 11.2. The lowest BCUT2D eigenvalue weighted by atomic mass is 9.79. The highest BCUT2D eigenvalue weighted by molar-refractivity contribution is 5.88. The van der Waals surface area contributed by atoms with E-state index in [0.717, 1.165) is 6.20 Å². The van der Waals surface area contributed by atoms with Crippen LogP contribution in [0.1, 0.15) is 45.4 Å². The molecule has 104 valence electrons. The van der Waals surface area contributed by atoms with Crippen molar-refractivity contribution in [2.45, 2.75) is 45.4 Å². The van der Waals surface area contributed by atoms with Gasteiger partial charge in [0.05, 0.1) is 0 Å². The average molecular weight is 264 g/mol. The third-order valence-corrected chi connectivity index (χ3v) is 3.79. The number of aromatic nitrogens is 3. The Balaban J connectivity index is 1.85. The van der Waals surface area contributed by atoms with Crippen LogP contribution in [0, 0.1) is 11.8 Å². The van der Waals surface area contributed by atoms with Crippen molar-refractivity contribution in [1.29, 1.82) is 0 Å². The Bertz CT molecular complexity index is 480. The van der Waals surface area contributed by atoms with Crippen LogP contribution in [0.4, 0.5) is 5.95 Å². The van der Waals surface area contributed by atoms with Crippen LogP contribution in [0.2, 0.25) is 0 Å². The quantitative estimate of drug-likeness (QED) is 0.866. The molecular formula is C13H20N4O2. The van der Waals surface area contributed by atoms with Gasteiger partial charge in [-0.3, -0.25) is 19.9 Å². The average Bonchev–Trinajstić information content (AvgIpc) is 2.39. The minimum absolute atomic E-state index is 0.116. The Kier molecular flexibility index (Phi) is 4.65. The molecule has 2 rings (SSSR count). The van der Waals surface area contributed by atoms with Gasteiger partial charge in [-0.1, -0.05) is 39.0 Å². The minimum Gasteiger partial charge on any atom is -0.295 e. The van der Waals surface area contributed by atoms with Crippen molar-refractivity contribution in [3.8, 4) is 0 Å². The SMILES string of the molecule is C[C@H](CC(=O)Nc1nncc(=O)[nH]1)C1CCCCC1. The predicted octanol–water partition coefficient (Wildman–Crippen LogP) is 1.71. The highest BCUT2D eigenvalue weighted by Gasteiger charge is 2.22. The number of rotatable bonds is 4. The summed E-state index contributed by atoms with van der Waals surface area (Å²) in [6.45, 7) is 2.12. The Labute approximate surface area is 112 Å². The summed E-state index contributed by atoms with van der Waals surface area (Å²) in [5.74, 6) is 1.01. The standard InChI is InChI=1S/C13H20N4O2/c1-9(10-5-3-2-4-6-10)7-11(18)15-13-16-12(19)8-14-17-13/h8-10H,2-7H2,1H3,(H2,15,16,17,18,19)/t9-/m1/s1. The molecule has 0 saturated heterocycles. The summed E-state index contributed by atoms with van der Waals surface area (Å²) in [6, 6.07) is 0. The van der Waals surface area contributed by atoms with Gasteiger partial charge in [0.2, 0.25) is 11.9 Å². The van der Waals surface area contributed by atoms with Gasteiger partial charge in [-0.15, -0.1) is 10.2 Å².